The van der Waals surface area contributed by atoms with E-state index in [-0.39, 0.29) is 0 Å². The summed E-state index contributed by atoms with van der Waals surface area (Å²) in [6, 6.07) is 6.56. The molecule has 1 aromatic carbocycles. The first kappa shape index (κ1) is 14.8. The van der Waals surface area contributed by atoms with Gasteiger partial charge in [0.05, 0.1) is 13.2 Å². The summed E-state index contributed by atoms with van der Waals surface area (Å²) >= 11 is 6.13. The summed E-state index contributed by atoms with van der Waals surface area (Å²) in [5, 5.41) is 4.42. The molecule has 1 atom stereocenters. The Labute approximate surface area is 120 Å². The number of morpholine rings is 1. The van der Waals surface area contributed by atoms with Gasteiger partial charge in [0.15, 0.2) is 0 Å². The first-order valence-corrected chi connectivity index (χ1v) is 7.32. The summed E-state index contributed by atoms with van der Waals surface area (Å²) in [5.41, 5.74) is 2.46. The SMILES string of the molecule is Cc1c(Cl)cccc1CNC(C)CN1CCOCC1. The maximum Gasteiger partial charge on any atom is 0.0594 e. The first-order valence-electron chi connectivity index (χ1n) is 6.94. The van der Waals surface area contributed by atoms with Crippen molar-refractivity contribution in [2.45, 2.75) is 26.4 Å². The van der Waals surface area contributed by atoms with Crippen LogP contribution < -0.4 is 5.32 Å². The van der Waals surface area contributed by atoms with E-state index < -0.39 is 0 Å². The molecule has 0 spiro atoms. The molecule has 0 radical (unpaired) electrons. The molecular weight excluding hydrogens is 260 g/mol. The lowest BCUT2D eigenvalue weighted by Crippen LogP contribution is -2.44. The molecule has 1 aromatic rings. The Morgan fingerprint density at radius 2 is 2.11 bits per heavy atom. The predicted molar refractivity (Wildman–Crippen MR) is 79.7 cm³/mol. The van der Waals surface area contributed by atoms with Crippen molar-refractivity contribution in [1.82, 2.24) is 10.2 Å². The molecule has 4 heteroatoms. The van der Waals surface area contributed by atoms with Crippen LogP contribution in [0.5, 0.6) is 0 Å². The minimum atomic E-state index is 0.469. The van der Waals surface area contributed by atoms with E-state index >= 15 is 0 Å². The molecule has 19 heavy (non-hydrogen) atoms. The highest BCUT2D eigenvalue weighted by molar-refractivity contribution is 6.31. The van der Waals surface area contributed by atoms with Crippen molar-refractivity contribution >= 4 is 11.6 Å². The molecule has 1 N–H and O–H groups in total. The highest BCUT2D eigenvalue weighted by Crippen LogP contribution is 2.18. The quantitative estimate of drug-likeness (QED) is 0.898. The van der Waals surface area contributed by atoms with Crippen molar-refractivity contribution in [3.8, 4) is 0 Å². The van der Waals surface area contributed by atoms with Gasteiger partial charge in [-0.15, -0.1) is 0 Å². The molecule has 1 fully saturated rings. The Bertz CT molecular complexity index is 405. The third kappa shape index (κ3) is 4.46. The highest BCUT2D eigenvalue weighted by Gasteiger charge is 2.13. The molecule has 106 valence electrons. The summed E-state index contributed by atoms with van der Waals surface area (Å²) in [5.74, 6) is 0. The van der Waals surface area contributed by atoms with Gasteiger partial charge < -0.3 is 10.1 Å². The van der Waals surface area contributed by atoms with E-state index in [2.05, 4.69) is 30.1 Å². The summed E-state index contributed by atoms with van der Waals surface area (Å²) in [4.78, 5) is 2.45. The lowest BCUT2D eigenvalue weighted by atomic mass is 10.1. The fourth-order valence-electron chi connectivity index (χ4n) is 2.36. The number of benzene rings is 1. The van der Waals surface area contributed by atoms with Crippen molar-refractivity contribution in [1.29, 1.82) is 0 Å². The van der Waals surface area contributed by atoms with E-state index in [0.717, 1.165) is 44.4 Å². The summed E-state index contributed by atoms with van der Waals surface area (Å²) in [6.45, 7) is 10.1. The van der Waals surface area contributed by atoms with Crippen LogP contribution in [0.4, 0.5) is 0 Å². The Balaban J connectivity index is 1.79. The van der Waals surface area contributed by atoms with Gasteiger partial charge in [0.2, 0.25) is 0 Å². The van der Waals surface area contributed by atoms with Gasteiger partial charge in [-0.25, -0.2) is 0 Å². The average molecular weight is 283 g/mol. The molecule has 1 saturated heterocycles. The van der Waals surface area contributed by atoms with Gasteiger partial charge in [-0.3, -0.25) is 4.90 Å². The fourth-order valence-corrected chi connectivity index (χ4v) is 2.56. The highest BCUT2D eigenvalue weighted by atomic mass is 35.5. The molecule has 1 aliphatic heterocycles. The lowest BCUT2D eigenvalue weighted by molar-refractivity contribution is 0.0343. The molecule has 0 saturated carbocycles. The van der Waals surface area contributed by atoms with Gasteiger partial charge in [0.25, 0.3) is 0 Å². The van der Waals surface area contributed by atoms with Crippen LogP contribution in [-0.2, 0) is 11.3 Å². The van der Waals surface area contributed by atoms with Crippen molar-refractivity contribution < 1.29 is 4.74 Å². The van der Waals surface area contributed by atoms with Crippen LogP contribution in [0.3, 0.4) is 0 Å². The van der Waals surface area contributed by atoms with E-state index in [1.807, 2.05) is 12.1 Å². The summed E-state index contributed by atoms with van der Waals surface area (Å²) in [6.07, 6.45) is 0. The molecule has 0 bridgehead atoms. The Kier molecular flexibility index (Phi) is 5.64. The maximum atomic E-state index is 6.13. The number of ether oxygens (including phenoxy) is 1. The second kappa shape index (κ2) is 7.25. The molecule has 0 aromatic heterocycles. The molecule has 1 unspecified atom stereocenters. The number of nitrogens with zero attached hydrogens (tertiary/aromatic N) is 1. The van der Waals surface area contributed by atoms with Gasteiger partial charge >= 0.3 is 0 Å². The third-order valence-corrected chi connectivity index (χ3v) is 4.07. The normalized spacial score (nSPS) is 18.5. The second-order valence-corrected chi connectivity index (χ2v) is 5.63. The summed E-state index contributed by atoms with van der Waals surface area (Å²) in [7, 11) is 0. The van der Waals surface area contributed by atoms with Crippen LogP contribution in [0.1, 0.15) is 18.1 Å². The second-order valence-electron chi connectivity index (χ2n) is 5.22. The van der Waals surface area contributed by atoms with Gasteiger partial charge in [-0.05, 0) is 31.0 Å². The zero-order chi connectivity index (χ0) is 13.7. The summed E-state index contributed by atoms with van der Waals surface area (Å²) < 4.78 is 5.36. The minimum absolute atomic E-state index is 0.469. The third-order valence-electron chi connectivity index (χ3n) is 3.66. The van der Waals surface area contributed by atoms with Crippen LogP contribution in [-0.4, -0.2) is 43.8 Å². The molecule has 1 heterocycles. The first-order chi connectivity index (χ1) is 9.16. The topological polar surface area (TPSA) is 24.5 Å². The van der Waals surface area contributed by atoms with E-state index in [4.69, 9.17) is 16.3 Å². The van der Waals surface area contributed by atoms with Gasteiger partial charge in [0, 0.05) is 37.2 Å². The van der Waals surface area contributed by atoms with Gasteiger partial charge in [-0.1, -0.05) is 23.7 Å². The minimum Gasteiger partial charge on any atom is -0.379 e. The van der Waals surface area contributed by atoms with Gasteiger partial charge in [-0.2, -0.15) is 0 Å². The predicted octanol–water partition coefficient (Wildman–Crippen LogP) is 2.46. The van der Waals surface area contributed by atoms with Crippen LogP contribution in [0.15, 0.2) is 18.2 Å². The Hall–Kier alpha value is -0.610. The van der Waals surface area contributed by atoms with Crippen molar-refractivity contribution in [2.24, 2.45) is 0 Å². The zero-order valence-corrected chi connectivity index (χ0v) is 12.5. The smallest absolute Gasteiger partial charge is 0.0594 e. The van der Waals surface area contributed by atoms with Crippen LogP contribution in [0.2, 0.25) is 5.02 Å². The molecule has 2 rings (SSSR count). The van der Waals surface area contributed by atoms with Crippen LogP contribution in [0.25, 0.3) is 0 Å². The zero-order valence-electron chi connectivity index (χ0n) is 11.8. The molecule has 0 aliphatic carbocycles. The van der Waals surface area contributed by atoms with E-state index in [9.17, 15) is 0 Å². The average Bonchev–Trinajstić information content (AvgIpc) is 2.42. The monoisotopic (exact) mass is 282 g/mol. The Morgan fingerprint density at radius 1 is 1.37 bits per heavy atom. The molecular formula is C15H23ClN2O. The van der Waals surface area contributed by atoms with E-state index in [1.54, 1.807) is 0 Å². The number of hydrogen-bond donors (Lipinski definition) is 1. The van der Waals surface area contributed by atoms with Crippen molar-refractivity contribution in [2.75, 3.05) is 32.8 Å². The molecule has 1 aliphatic rings. The Morgan fingerprint density at radius 3 is 2.84 bits per heavy atom. The maximum absolute atomic E-state index is 6.13. The molecule has 3 nitrogen and oxygen atoms in total. The fraction of sp³-hybridized carbons (Fsp3) is 0.600. The number of nitrogens with one attached hydrogen (secondary N) is 1. The van der Waals surface area contributed by atoms with Crippen molar-refractivity contribution in [3.05, 3.63) is 34.3 Å². The number of halogens is 1. The standard InChI is InChI=1S/C15H23ClN2O/c1-12(11-18-6-8-19-9-7-18)17-10-14-4-3-5-15(16)13(14)2/h3-5,12,17H,6-11H2,1-2H3. The molecule has 0 amide bonds. The lowest BCUT2D eigenvalue weighted by Gasteiger charge is -2.29. The van der Waals surface area contributed by atoms with Crippen LogP contribution in [0, 0.1) is 6.92 Å². The largest absolute Gasteiger partial charge is 0.379 e. The number of hydrogen-bond acceptors (Lipinski definition) is 3. The number of rotatable bonds is 5. The van der Waals surface area contributed by atoms with Crippen molar-refractivity contribution in [3.63, 3.8) is 0 Å². The van der Waals surface area contributed by atoms with E-state index in [1.165, 1.54) is 11.1 Å². The van der Waals surface area contributed by atoms with Gasteiger partial charge in [0.1, 0.15) is 0 Å². The van der Waals surface area contributed by atoms with Crippen LogP contribution >= 0.6 is 11.6 Å². The van der Waals surface area contributed by atoms with E-state index in [0.29, 0.717) is 6.04 Å².